The highest BCUT2D eigenvalue weighted by Gasteiger charge is 2.20. The number of β-amino-alcohol motifs (C(OH)–C–C–N with tert-alkyl or cyclic N) is 1. The van der Waals surface area contributed by atoms with Gasteiger partial charge in [-0.25, -0.2) is 4.98 Å². The third kappa shape index (κ3) is 4.69. The number of piperazine rings is 1. The molecule has 28 heavy (non-hydrogen) atoms. The number of morpholine rings is 1. The van der Waals surface area contributed by atoms with Crippen molar-refractivity contribution >= 4 is 28.5 Å². The number of pyridine rings is 1. The fraction of sp³-hybridized carbons (Fsp3) is 0.632. The van der Waals surface area contributed by atoms with Crippen LogP contribution in [0, 0.1) is 0 Å². The van der Waals surface area contributed by atoms with Crippen molar-refractivity contribution in [1.82, 2.24) is 24.8 Å². The highest BCUT2D eigenvalue weighted by atomic mass is 35.5. The summed E-state index contributed by atoms with van der Waals surface area (Å²) in [7, 11) is 0. The van der Waals surface area contributed by atoms with Crippen molar-refractivity contribution in [3.8, 4) is 0 Å². The molecule has 2 saturated heterocycles. The summed E-state index contributed by atoms with van der Waals surface area (Å²) in [6, 6.07) is 2.07. The number of rotatable bonds is 5. The highest BCUT2D eigenvalue weighted by molar-refractivity contribution is 6.28. The summed E-state index contributed by atoms with van der Waals surface area (Å²) >= 11 is 6.20. The Morgan fingerprint density at radius 2 is 1.82 bits per heavy atom. The fourth-order valence-corrected chi connectivity index (χ4v) is 4.03. The molecule has 0 amide bonds. The van der Waals surface area contributed by atoms with Gasteiger partial charge in [0.2, 0.25) is 5.28 Å². The molecule has 0 radical (unpaired) electrons. The number of nitrogens with zero attached hydrogens (tertiary/aromatic N) is 6. The van der Waals surface area contributed by atoms with E-state index in [1.54, 1.807) is 0 Å². The standard InChI is InChI=1S/C19H27ClN6O2/c1-14(27)12-24-2-4-25(5-3-24)13-15-10-16-17(21-11-15)18(23-19(20)22-16)26-6-8-28-9-7-26/h10-11,14,27H,2-9,12-13H2,1H3. The van der Waals surface area contributed by atoms with Crippen LogP contribution in [0.2, 0.25) is 5.28 Å². The monoisotopic (exact) mass is 406 g/mol. The lowest BCUT2D eigenvalue weighted by atomic mass is 10.2. The van der Waals surface area contributed by atoms with Gasteiger partial charge in [0, 0.05) is 58.6 Å². The van der Waals surface area contributed by atoms with Crippen molar-refractivity contribution in [3.05, 3.63) is 23.1 Å². The Morgan fingerprint density at radius 3 is 2.54 bits per heavy atom. The molecular weight excluding hydrogens is 380 g/mol. The summed E-state index contributed by atoms with van der Waals surface area (Å²) in [5.74, 6) is 0.789. The molecule has 2 aromatic heterocycles. The number of anilines is 1. The molecule has 2 aliphatic heterocycles. The van der Waals surface area contributed by atoms with E-state index in [4.69, 9.17) is 16.3 Å². The van der Waals surface area contributed by atoms with E-state index in [-0.39, 0.29) is 11.4 Å². The van der Waals surface area contributed by atoms with Crippen LogP contribution in [-0.4, -0.2) is 95.0 Å². The average Bonchev–Trinajstić information content (AvgIpc) is 2.69. The van der Waals surface area contributed by atoms with E-state index >= 15 is 0 Å². The van der Waals surface area contributed by atoms with Crippen molar-refractivity contribution in [2.75, 3.05) is 63.9 Å². The van der Waals surface area contributed by atoms with Crippen molar-refractivity contribution in [1.29, 1.82) is 0 Å². The number of aliphatic hydroxyl groups is 1. The Balaban J connectivity index is 1.47. The van der Waals surface area contributed by atoms with Crippen LogP contribution in [-0.2, 0) is 11.3 Å². The van der Waals surface area contributed by atoms with Gasteiger partial charge in [-0.05, 0) is 30.2 Å². The number of ether oxygens (including phenoxy) is 1. The van der Waals surface area contributed by atoms with Crippen LogP contribution < -0.4 is 4.90 Å². The zero-order valence-corrected chi connectivity index (χ0v) is 17.0. The molecular formula is C19H27ClN6O2. The molecule has 4 heterocycles. The molecule has 0 bridgehead atoms. The lowest BCUT2D eigenvalue weighted by Gasteiger charge is -2.35. The number of aromatic nitrogens is 3. The molecule has 0 aliphatic carbocycles. The minimum Gasteiger partial charge on any atom is -0.392 e. The Kier molecular flexibility index (Phi) is 6.22. The molecule has 1 atom stereocenters. The average molecular weight is 407 g/mol. The molecule has 9 heteroatoms. The molecule has 0 spiro atoms. The smallest absolute Gasteiger partial charge is 0.225 e. The first-order valence-electron chi connectivity index (χ1n) is 9.86. The predicted molar refractivity (Wildman–Crippen MR) is 109 cm³/mol. The van der Waals surface area contributed by atoms with E-state index in [1.165, 1.54) is 0 Å². The summed E-state index contributed by atoms with van der Waals surface area (Å²) in [4.78, 5) is 20.4. The van der Waals surface area contributed by atoms with Gasteiger partial charge in [0.1, 0.15) is 5.52 Å². The molecule has 152 valence electrons. The van der Waals surface area contributed by atoms with E-state index in [1.807, 2.05) is 13.1 Å². The van der Waals surface area contributed by atoms with Crippen LogP contribution in [0.1, 0.15) is 12.5 Å². The first-order valence-corrected chi connectivity index (χ1v) is 10.2. The SMILES string of the molecule is CC(O)CN1CCN(Cc2cnc3c(N4CCOCC4)nc(Cl)nc3c2)CC1. The van der Waals surface area contributed by atoms with Crippen LogP contribution in [0.5, 0.6) is 0 Å². The Hall–Kier alpha value is -1.58. The van der Waals surface area contributed by atoms with Crippen LogP contribution in [0.3, 0.4) is 0 Å². The summed E-state index contributed by atoms with van der Waals surface area (Å²) in [6.45, 7) is 10.2. The second-order valence-corrected chi connectivity index (χ2v) is 7.89. The lowest BCUT2D eigenvalue weighted by Crippen LogP contribution is -2.47. The molecule has 1 N–H and O–H groups in total. The number of fused-ring (bicyclic) bond motifs is 1. The normalized spacial score (nSPS) is 20.6. The Morgan fingerprint density at radius 1 is 1.11 bits per heavy atom. The van der Waals surface area contributed by atoms with Crippen LogP contribution >= 0.6 is 11.6 Å². The minimum atomic E-state index is -0.277. The summed E-state index contributed by atoms with van der Waals surface area (Å²) in [5.41, 5.74) is 2.70. The Bertz CT molecular complexity index is 806. The van der Waals surface area contributed by atoms with Gasteiger partial charge in [-0.3, -0.25) is 14.8 Å². The zero-order chi connectivity index (χ0) is 19.5. The molecule has 2 aliphatic rings. The van der Waals surface area contributed by atoms with E-state index in [2.05, 4.69) is 35.7 Å². The first-order chi connectivity index (χ1) is 13.6. The zero-order valence-electron chi connectivity index (χ0n) is 16.2. The fourth-order valence-electron chi connectivity index (χ4n) is 3.86. The predicted octanol–water partition coefficient (Wildman–Crippen LogP) is 1.01. The van der Waals surface area contributed by atoms with E-state index < -0.39 is 0 Å². The van der Waals surface area contributed by atoms with E-state index in [0.29, 0.717) is 13.2 Å². The number of hydrogen-bond acceptors (Lipinski definition) is 8. The second-order valence-electron chi connectivity index (χ2n) is 7.55. The van der Waals surface area contributed by atoms with Crippen molar-refractivity contribution in [3.63, 3.8) is 0 Å². The van der Waals surface area contributed by atoms with Crippen LogP contribution in [0.25, 0.3) is 11.0 Å². The maximum atomic E-state index is 9.55. The Labute approximate surface area is 170 Å². The van der Waals surface area contributed by atoms with Crippen molar-refractivity contribution < 1.29 is 9.84 Å². The topological polar surface area (TPSA) is 77.9 Å². The second kappa shape index (κ2) is 8.84. The molecule has 4 rings (SSSR count). The van der Waals surface area contributed by atoms with Gasteiger partial charge in [-0.2, -0.15) is 4.98 Å². The number of aliphatic hydroxyl groups excluding tert-OH is 1. The maximum absolute atomic E-state index is 9.55. The van der Waals surface area contributed by atoms with E-state index in [9.17, 15) is 5.11 Å². The van der Waals surface area contributed by atoms with Gasteiger partial charge in [0.05, 0.1) is 24.8 Å². The van der Waals surface area contributed by atoms with Crippen molar-refractivity contribution in [2.45, 2.75) is 19.6 Å². The van der Waals surface area contributed by atoms with Gasteiger partial charge in [-0.15, -0.1) is 0 Å². The lowest BCUT2D eigenvalue weighted by molar-refractivity contribution is 0.0781. The number of halogens is 1. The number of hydrogen-bond donors (Lipinski definition) is 1. The highest BCUT2D eigenvalue weighted by Crippen LogP contribution is 2.25. The molecule has 2 aromatic rings. The van der Waals surface area contributed by atoms with Gasteiger partial charge in [0.15, 0.2) is 5.82 Å². The van der Waals surface area contributed by atoms with Gasteiger partial charge in [-0.1, -0.05) is 0 Å². The quantitative estimate of drug-likeness (QED) is 0.737. The third-order valence-electron chi connectivity index (χ3n) is 5.25. The van der Waals surface area contributed by atoms with Gasteiger partial charge < -0.3 is 14.7 Å². The van der Waals surface area contributed by atoms with Crippen molar-refractivity contribution in [2.24, 2.45) is 0 Å². The molecule has 8 nitrogen and oxygen atoms in total. The maximum Gasteiger partial charge on any atom is 0.225 e. The molecule has 0 saturated carbocycles. The molecule has 0 aromatic carbocycles. The first kappa shape index (κ1) is 19.7. The van der Waals surface area contributed by atoms with Crippen LogP contribution in [0.4, 0.5) is 5.82 Å². The van der Waals surface area contributed by atoms with Gasteiger partial charge >= 0.3 is 0 Å². The molecule has 2 fully saturated rings. The van der Waals surface area contributed by atoms with Crippen LogP contribution in [0.15, 0.2) is 12.3 Å². The summed E-state index contributed by atoms with van der Waals surface area (Å²) in [5, 5.41) is 9.80. The third-order valence-corrected chi connectivity index (χ3v) is 5.42. The largest absolute Gasteiger partial charge is 0.392 e. The molecule has 1 unspecified atom stereocenters. The summed E-state index contributed by atoms with van der Waals surface area (Å²) < 4.78 is 5.43. The van der Waals surface area contributed by atoms with Gasteiger partial charge in [0.25, 0.3) is 0 Å². The minimum absolute atomic E-state index is 0.250. The summed E-state index contributed by atoms with van der Waals surface area (Å²) in [6.07, 6.45) is 1.65. The van der Waals surface area contributed by atoms with E-state index in [0.717, 1.165) is 74.8 Å².